The summed E-state index contributed by atoms with van der Waals surface area (Å²) >= 11 is 0. The second-order valence-electron chi connectivity index (χ2n) is 9.77. The molecule has 1 atom stereocenters. The van der Waals surface area contributed by atoms with E-state index >= 15 is 0 Å². The molecule has 0 aromatic heterocycles. The first-order valence-electron chi connectivity index (χ1n) is 11.0. The highest BCUT2D eigenvalue weighted by Crippen LogP contribution is 2.60. The van der Waals surface area contributed by atoms with Crippen LogP contribution in [0.5, 0.6) is 0 Å². The fraction of sp³-hybridized carbons (Fsp3) is 0.625. The molecule has 29 heavy (non-hydrogen) atoms. The molecule has 1 aromatic rings. The average Bonchev–Trinajstić information content (AvgIpc) is 3.20. The van der Waals surface area contributed by atoms with E-state index in [0.29, 0.717) is 36.3 Å². The number of hydrogen-bond acceptors (Lipinski definition) is 4. The first-order valence-corrected chi connectivity index (χ1v) is 11.0. The van der Waals surface area contributed by atoms with E-state index in [0.717, 1.165) is 31.2 Å². The number of hydrogen-bond donors (Lipinski definition) is 0. The van der Waals surface area contributed by atoms with Gasteiger partial charge in [-0.1, -0.05) is 12.1 Å². The molecule has 5 heteroatoms. The molecular formula is C24H28N2O3. The minimum absolute atomic E-state index is 0.143. The number of nitriles is 1. The van der Waals surface area contributed by atoms with Gasteiger partial charge >= 0.3 is 5.97 Å². The van der Waals surface area contributed by atoms with Crippen molar-refractivity contribution in [3.8, 4) is 6.07 Å². The summed E-state index contributed by atoms with van der Waals surface area (Å²) in [4.78, 5) is 28.3. The van der Waals surface area contributed by atoms with Crippen molar-refractivity contribution in [3.63, 3.8) is 0 Å². The molecule has 4 saturated carbocycles. The highest BCUT2D eigenvalue weighted by Gasteiger charge is 2.56. The van der Waals surface area contributed by atoms with Crippen molar-refractivity contribution in [3.05, 3.63) is 35.4 Å². The number of likely N-dealkylation sites (tertiary alicyclic amines) is 1. The minimum Gasteiger partial charge on any atom is -0.459 e. The number of ether oxygens (including phenoxy) is 1. The van der Waals surface area contributed by atoms with Crippen LogP contribution in [0.2, 0.25) is 0 Å². The maximum absolute atomic E-state index is 13.7. The monoisotopic (exact) mass is 392 g/mol. The lowest BCUT2D eigenvalue weighted by atomic mass is 9.49. The summed E-state index contributed by atoms with van der Waals surface area (Å²) in [5, 5.41) is 9.02. The maximum Gasteiger partial charge on any atom is 0.329 e. The van der Waals surface area contributed by atoms with E-state index in [-0.39, 0.29) is 23.9 Å². The fourth-order valence-corrected chi connectivity index (χ4v) is 6.91. The Labute approximate surface area is 172 Å². The van der Waals surface area contributed by atoms with Gasteiger partial charge in [-0.05, 0) is 86.8 Å². The molecule has 1 aliphatic heterocycles. The number of nitrogens with zero attached hydrogens (tertiary/aromatic N) is 2. The largest absolute Gasteiger partial charge is 0.459 e. The van der Waals surface area contributed by atoms with E-state index < -0.39 is 6.04 Å². The predicted octanol–water partition coefficient (Wildman–Crippen LogP) is 3.81. The Bertz CT molecular complexity index is 836. The van der Waals surface area contributed by atoms with Gasteiger partial charge in [0.1, 0.15) is 12.6 Å². The maximum atomic E-state index is 13.7. The zero-order valence-corrected chi connectivity index (χ0v) is 16.8. The van der Waals surface area contributed by atoms with Gasteiger partial charge in [0.15, 0.2) is 0 Å². The van der Waals surface area contributed by atoms with Crippen LogP contribution in [0.3, 0.4) is 0 Å². The minimum atomic E-state index is -0.449. The van der Waals surface area contributed by atoms with Crippen molar-refractivity contribution < 1.29 is 14.3 Å². The summed E-state index contributed by atoms with van der Waals surface area (Å²) in [6.07, 6.45) is 8.54. The van der Waals surface area contributed by atoms with Crippen LogP contribution in [0.1, 0.15) is 62.5 Å². The van der Waals surface area contributed by atoms with E-state index in [9.17, 15) is 9.59 Å². The first kappa shape index (κ1) is 18.7. The molecule has 0 spiro atoms. The highest BCUT2D eigenvalue weighted by atomic mass is 16.5. The lowest BCUT2D eigenvalue weighted by Gasteiger charge is -2.56. The van der Waals surface area contributed by atoms with Gasteiger partial charge in [0, 0.05) is 6.54 Å². The smallest absolute Gasteiger partial charge is 0.329 e. The number of esters is 1. The molecule has 1 aromatic carbocycles. The number of carbonyl (C=O) groups is 2. The Balaban J connectivity index is 1.27. The van der Waals surface area contributed by atoms with Crippen LogP contribution in [0.4, 0.5) is 0 Å². The lowest BCUT2D eigenvalue weighted by molar-refractivity contribution is -0.166. The summed E-state index contributed by atoms with van der Waals surface area (Å²) in [7, 11) is 0. The third kappa shape index (κ3) is 3.33. The molecule has 1 amide bonds. The topological polar surface area (TPSA) is 70.4 Å². The van der Waals surface area contributed by atoms with Crippen molar-refractivity contribution in [2.24, 2.45) is 23.2 Å². The van der Waals surface area contributed by atoms with Crippen LogP contribution in [-0.2, 0) is 20.9 Å². The van der Waals surface area contributed by atoms with E-state index in [4.69, 9.17) is 10.00 Å². The van der Waals surface area contributed by atoms with Gasteiger partial charge < -0.3 is 9.64 Å². The van der Waals surface area contributed by atoms with Crippen LogP contribution in [0.25, 0.3) is 0 Å². The van der Waals surface area contributed by atoms with Crippen molar-refractivity contribution >= 4 is 11.9 Å². The van der Waals surface area contributed by atoms with E-state index in [1.54, 1.807) is 18.2 Å². The Morgan fingerprint density at radius 1 is 1.14 bits per heavy atom. The van der Waals surface area contributed by atoms with Crippen molar-refractivity contribution in [2.75, 3.05) is 6.54 Å². The molecule has 0 unspecified atom stereocenters. The Kier molecular flexibility index (Phi) is 4.61. The van der Waals surface area contributed by atoms with E-state index in [1.807, 2.05) is 11.0 Å². The van der Waals surface area contributed by atoms with Crippen LogP contribution < -0.4 is 0 Å². The molecule has 1 heterocycles. The van der Waals surface area contributed by atoms with E-state index in [1.165, 1.54) is 19.3 Å². The Morgan fingerprint density at radius 3 is 2.48 bits per heavy atom. The van der Waals surface area contributed by atoms with Crippen LogP contribution >= 0.6 is 0 Å². The van der Waals surface area contributed by atoms with Gasteiger partial charge in [0.05, 0.1) is 17.0 Å². The van der Waals surface area contributed by atoms with Gasteiger partial charge in [-0.2, -0.15) is 5.26 Å². The van der Waals surface area contributed by atoms with Crippen molar-refractivity contribution in [1.82, 2.24) is 4.90 Å². The number of carbonyl (C=O) groups excluding carboxylic acids is 2. The highest BCUT2D eigenvalue weighted by molar-refractivity contribution is 5.89. The standard InChI is InChI=1S/C24H28N2O3/c25-14-16-3-1-4-17(7-16)15-29-22(27)21-5-2-6-26(21)23(28)24-11-18-8-19(12-24)10-20(9-18)13-24/h1,3-4,7,18-21H,2,5-6,8-13,15H2/t18?,19?,20?,21-,24?/m0/s1. The summed E-state index contributed by atoms with van der Waals surface area (Å²) in [6, 6.07) is 8.76. The SMILES string of the molecule is N#Cc1cccc(COC(=O)[C@@H]2CCCN2C(=O)C23CC4CC(CC(C4)C2)C3)c1. The van der Waals surface area contributed by atoms with Crippen molar-refractivity contribution in [2.45, 2.75) is 64.0 Å². The molecule has 0 N–H and O–H groups in total. The molecular weight excluding hydrogens is 364 g/mol. The number of amides is 1. The Hall–Kier alpha value is -2.35. The van der Waals surface area contributed by atoms with Crippen molar-refractivity contribution in [1.29, 1.82) is 5.26 Å². The normalized spacial score (nSPS) is 34.8. The molecule has 5 nitrogen and oxygen atoms in total. The Morgan fingerprint density at radius 2 is 1.83 bits per heavy atom. The third-order valence-electron chi connectivity index (χ3n) is 7.71. The quantitative estimate of drug-likeness (QED) is 0.731. The fourth-order valence-electron chi connectivity index (χ4n) is 6.91. The summed E-state index contributed by atoms with van der Waals surface area (Å²) in [5.41, 5.74) is 1.14. The second-order valence-corrected chi connectivity index (χ2v) is 9.77. The van der Waals surface area contributed by atoms with E-state index in [2.05, 4.69) is 6.07 Å². The number of benzene rings is 1. The molecule has 6 rings (SSSR count). The van der Waals surface area contributed by atoms with Crippen LogP contribution in [-0.4, -0.2) is 29.4 Å². The number of rotatable bonds is 4. The lowest BCUT2D eigenvalue weighted by Crippen LogP contribution is -2.56. The summed E-state index contributed by atoms with van der Waals surface area (Å²) in [6.45, 7) is 0.814. The van der Waals surface area contributed by atoms with Crippen LogP contribution in [0.15, 0.2) is 24.3 Å². The molecule has 1 saturated heterocycles. The van der Waals surface area contributed by atoms with Crippen LogP contribution in [0, 0.1) is 34.5 Å². The molecule has 4 aliphatic carbocycles. The van der Waals surface area contributed by atoms with Gasteiger partial charge in [-0.25, -0.2) is 4.79 Å². The van der Waals surface area contributed by atoms with Gasteiger partial charge in [-0.3, -0.25) is 4.79 Å². The molecule has 5 aliphatic rings. The van der Waals surface area contributed by atoms with Gasteiger partial charge in [-0.15, -0.1) is 0 Å². The van der Waals surface area contributed by atoms with Gasteiger partial charge in [0.2, 0.25) is 5.91 Å². The zero-order chi connectivity index (χ0) is 20.0. The molecule has 5 fully saturated rings. The second kappa shape index (κ2) is 7.16. The first-order chi connectivity index (χ1) is 14.1. The summed E-state index contributed by atoms with van der Waals surface area (Å²) in [5.74, 6) is 2.06. The molecule has 0 radical (unpaired) electrons. The molecule has 152 valence electrons. The summed E-state index contributed by atoms with van der Waals surface area (Å²) < 4.78 is 5.57. The third-order valence-corrected chi connectivity index (χ3v) is 7.71. The molecule has 4 bridgehead atoms. The predicted molar refractivity (Wildman–Crippen MR) is 106 cm³/mol. The van der Waals surface area contributed by atoms with Gasteiger partial charge in [0.25, 0.3) is 0 Å². The average molecular weight is 392 g/mol. The zero-order valence-electron chi connectivity index (χ0n) is 16.8.